The minimum absolute atomic E-state index is 0.139. The highest BCUT2D eigenvalue weighted by atomic mass is 19.1. The topological polar surface area (TPSA) is 44.5 Å². The summed E-state index contributed by atoms with van der Waals surface area (Å²) in [6, 6.07) is 1.45. The number of benzene rings is 1. The molecule has 88 valence electrons. The van der Waals surface area contributed by atoms with Gasteiger partial charge in [-0.3, -0.25) is 0 Å². The van der Waals surface area contributed by atoms with Crippen molar-refractivity contribution in [2.45, 2.75) is 25.3 Å². The zero-order valence-electron chi connectivity index (χ0n) is 9.76. The molecule has 0 heterocycles. The van der Waals surface area contributed by atoms with Crippen LogP contribution in [0.15, 0.2) is 6.07 Å². The molecule has 0 unspecified atom stereocenters. The van der Waals surface area contributed by atoms with Gasteiger partial charge in [0.15, 0.2) is 17.3 Å². The molecule has 0 radical (unpaired) electrons. The third-order valence-electron chi connectivity index (χ3n) is 3.08. The first-order valence-electron chi connectivity index (χ1n) is 5.24. The van der Waals surface area contributed by atoms with Gasteiger partial charge in [-0.25, -0.2) is 4.39 Å². The van der Waals surface area contributed by atoms with E-state index in [9.17, 15) is 4.39 Å². The van der Waals surface area contributed by atoms with E-state index in [-0.39, 0.29) is 11.3 Å². The smallest absolute Gasteiger partial charge is 0.197 e. The Kier molecular flexibility index (Phi) is 2.54. The second-order valence-corrected chi connectivity index (χ2v) is 4.27. The predicted molar refractivity (Wildman–Crippen MR) is 59.3 cm³/mol. The van der Waals surface area contributed by atoms with Crippen molar-refractivity contribution in [3.63, 3.8) is 0 Å². The molecule has 0 saturated heterocycles. The number of aryl methyl sites for hydroxylation is 1. The van der Waals surface area contributed by atoms with Crippen LogP contribution >= 0.6 is 0 Å². The van der Waals surface area contributed by atoms with Crippen LogP contribution in [0.4, 0.5) is 4.39 Å². The van der Waals surface area contributed by atoms with Crippen molar-refractivity contribution < 1.29 is 13.9 Å². The Hall–Kier alpha value is -1.29. The number of nitrogens with two attached hydrogens (primary N) is 1. The van der Waals surface area contributed by atoms with E-state index < -0.39 is 5.82 Å². The van der Waals surface area contributed by atoms with Crippen molar-refractivity contribution in [3.05, 3.63) is 23.0 Å². The number of halogens is 1. The van der Waals surface area contributed by atoms with Crippen LogP contribution < -0.4 is 15.2 Å². The van der Waals surface area contributed by atoms with Gasteiger partial charge in [-0.05, 0) is 31.4 Å². The van der Waals surface area contributed by atoms with E-state index >= 15 is 0 Å². The van der Waals surface area contributed by atoms with Crippen LogP contribution in [-0.2, 0) is 5.54 Å². The molecule has 0 amide bonds. The fraction of sp³-hybridized carbons (Fsp3) is 0.500. The Labute approximate surface area is 94.3 Å². The maximum atomic E-state index is 13.6. The summed E-state index contributed by atoms with van der Waals surface area (Å²) in [5.74, 6) is 0.157. The lowest BCUT2D eigenvalue weighted by Gasteiger charge is -2.20. The lowest BCUT2D eigenvalue weighted by Crippen LogP contribution is -2.21. The van der Waals surface area contributed by atoms with Crippen molar-refractivity contribution in [1.82, 2.24) is 0 Å². The van der Waals surface area contributed by atoms with Crippen LogP contribution in [0.3, 0.4) is 0 Å². The number of hydrogen-bond acceptors (Lipinski definition) is 3. The number of hydrogen-bond donors (Lipinski definition) is 1. The van der Waals surface area contributed by atoms with Gasteiger partial charge in [0.2, 0.25) is 0 Å². The lowest BCUT2D eigenvalue weighted by atomic mass is 9.97. The van der Waals surface area contributed by atoms with Crippen LogP contribution in [0.25, 0.3) is 0 Å². The highest BCUT2D eigenvalue weighted by molar-refractivity contribution is 5.56. The fourth-order valence-electron chi connectivity index (χ4n) is 2.12. The van der Waals surface area contributed by atoms with E-state index in [2.05, 4.69) is 0 Å². The quantitative estimate of drug-likeness (QED) is 0.856. The van der Waals surface area contributed by atoms with Crippen LogP contribution in [0, 0.1) is 12.7 Å². The van der Waals surface area contributed by atoms with Gasteiger partial charge < -0.3 is 15.2 Å². The van der Waals surface area contributed by atoms with Gasteiger partial charge in [-0.2, -0.15) is 0 Å². The molecule has 1 aromatic carbocycles. The maximum absolute atomic E-state index is 13.6. The largest absolute Gasteiger partial charge is 0.492 e. The molecule has 3 nitrogen and oxygen atoms in total. The first kappa shape index (κ1) is 11.2. The van der Waals surface area contributed by atoms with E-state index in [0.29, 0.717) is 5.75 Å². The minimum Gasteiger partial charge on any atom is -0.492 e. The van der Waals surface area contributed by atoms with Crippen LogP contribution in [0.2, 0.25) is 0 Å². The zero-order chi connectivity index (χ0) is 11.9. The molecule has 2 N–H and O–H groups in total. The second kappa shape index (κ2) is 3.63. The van der Waals surface area contributed by atoms with Gasteiger partial charge in [-0.1, -0.05) is 0 Å². The maximum Gasteiger partial charge on any atom is 0.197 e. The summed E-state index contributed by atoms with van der Waals surface area (Å²) in [7, 11) is 2.93. The molecule has 1 aliphatic rings. The van der Waals surface area contributed by atoms with E-state index in [0.717, 1.165) is 24.0 Å². The Morgan fingerprint density at radius 3 is 2.25 bits per heavy atom. The number of methoxy groups -OCH3 is 2. The lowest BCUT2D eigenvalue weighted by molar-refractivity contribution is 0.331. The predicted octanol–water partition coefficient (Wildman–Crippen LogP) is 2.10. The van der Waals surface area contributed by atoms with Crippen LogP contribution in [0.1, 0.15) is 24.0 Å². The van der Waals surface area contributed by atoms with Crippen molar-refractivity contribution in [1.29, 1.82) is 0 Å². The minimum atomic E-state index is -0.412. The molecule has 0 atom stereocenters. The molecule has 1 saturated carbocycles. The van der Waals surface area contributed by atoms with Crippen molar-refractivity contribution in [3.8, 4) is 11.5 Å². The molecular weight excluding hydrogens is 209 g/mol. The van der Waals surface area contributed by atoms with Crippen molar-refractivity contribution >= 4 is 0 Å². The Bertz CT molecular complexity index is 428. The van der Waals surface area contributed by atoms with Gasteiger partial charge in [0, 0.05) is 11.1 Å². The summed E-state index contributed by atoms with van der Waals surface area (Å²) >= 11 is 0. The normalized spacial score (nSPS) is 17.1. The third kappa shape index (κ3) is 1.53. The van der Waals surface area contributed by atoms with E-state index in [1.165, 1.54) is 20.3 Å². The van der Waals surface area contributed by atoms with Gasteiger partial charge in [0.1, 0.15) is 0 Å². The Balaban J connectivity index is 2.66. The standard InChI is InChI=1S/C12H16FNO2/c1-7-6-8(13)10(15-2)11(16-3)9(7)12(14)4-5-12/h6H,4-5,14H2,1-3H3. The van der Waals surface area contributed by atoms with E-state index in [1.54, 1.807) is 0 Å². The molecule has 0 bridgehead atoms. The molecular formula is C12H16FNO2. The van der Waals surface area contributed by atoms with Gasteiger partial charge in [0.05, 0.1) is 14.2 Å². The summed E-state index contributed by atoms with van der Waals surface area (Å²) in [4.78, 5) is 0. The molecule has 0 spiro atoms. The van der Waals surface area contributed by atoms with Gasteiger partial charge in [-0.15, -0.1) is 0 Å². The first-order valence-corrected chi connectivity index (χ1v) is 5.24. The Morgan fingerprint density at radius 1 is 1.25 bits per heavy atom. The number of ether oxygens (including phenoxy) is 2. The first-order chi connectivity index (χ1) is 7.53. The molecule has 16 heavy (non-hydrogen) atoms. The zero-order valence-corrected chi connectivity index (χ0v) is 9.76. The molecule has 0 aromatic heterocycles. The summed E-state index contributed by atoms with van der Waals surface area (Å²) in [5, 5.41) is 0. The monoisotopic (exact) mass is 225 g/mol. The fourth-order valence-corrected chi connectivity index (χ4v) is 2.12. The summed E-state index contributed by atoms with van der Waals surface area (Å²) in [6.45, 7) is 1.84. The number of rotatable bonds is 3. The summed E-state index contributed by atoms with van der Waals surface area (Å²) in [6.07, 6.45) is 1.80. The van der Waals surface area contributed by atoms with E-state index in [1.807, 2.05) is 6.92 Å². The highest BCUT2D eigenvalue weighted by Crippen LogP contribution is 2.51. The van der Waals surface area contributed by atoms with Gasteiger partial charge in [0.25, 0.3) is 0 Å². The third-order valence-corrected chi connectivity index (χ3v) is 3.08. The second-order valence-electron chi connectivity index (χ2n) is 4.27. The highest BCUT2D eigenvalue weighted by Gasteiger charge is 2.44. The Morgan fingerprint density at radius 2 is 1.81 bits per heavy atom. The van der Waals surface area contributed by atoms with Crippen LogP contribution in [0.5, 0.6) is 11.5 Å². The van der Waals surface area contributed by atoms with Crippen LogP contribution in [-0.4, -0.2) is 14.2 Å². The van der Waals surface area contributed by atoms with Gasteiger partial charge >= 0.3 is 0 Å². The molecule has 0 aliphatic heterocycles. The summed E-state index contributed by atoms with van der Waals surface area (Å²) in [5.41, 5.74) is 7.48. The molecule has 2 rings (SSSR count). The SMILES string of the molecule is COc1c(F)cc(C)c(C2(N)CC2)c1OC. The molecule has 1 fully saturated rings. The molecule has 1 aromatic rings. The average molecular weight is 225 g/mol. The molecule has 1 aliphatic carbocycles. The molecule has 4 heteroatoms. The average Bonchev–Trinajstić information content (AvgIpc) is 2.95. The van der Waals surface area contributed by atoms with Crippen molar-refractivity contribution in [2.75, 3.05) is 14.2 Å². The summed E-state index contributed by atoms with van der Waals surface area (Å²) < 4.78 is 23.9. The van der Waals surface area contributed by atoms with Crippen molar-refractivity contribution in [2.24, 2.45) is 5.73 Å². The van der Waals surface area contributed by atoms with E-state index in [4.69, 9.17) is 15.2 Å².